The number of nitrogen functional groups attached to an aromatic ring is 1. The molecule has 8 nitrogen and oxygen atoms in total. The number of rotatable bonds is 4. The Kier molecular flexibility index (Phi) is 4.13. The van der Waals surface area contributed by atoms with E-state index < -0.39 is 4.92 Å². The van der Waals surface area contributed by atoms with Crippen LogP contribution in [0.2, 0.25) is 5.15 Å². The topological polar surface area (TPSA) is 120 Å². The highest BCUT2D eigenvalue weighted by atomic mass is 35.5. The van der Waals surface area contributed by atoms with Crippen LogP contribution in [0.25, 0.3) is 10.9 Å². The van der Waals surface area contributed by atoms with Crippen molar-refractivity contribution in [3.05, 3.63) is 57.0 Å². The molecule has 0 radical (unpaired) electrons. The minimum Gasteiger partial charge on any atom is -0.382 e. The fraction of sp³-hybridized carbons (Fsp3) is 0.133. The second-order valence-electron chi connectivity index (χ2n) is 5.16. The minimum atomic E-state index is -0.425. The zero-order chi connectivity index (χ0) is 17.3. The number of halogens is 1. The number of non-ortho nitro benzene ring substituents is 1. The highest BCUT2D eigenvalue weighted by molar-refractivity contribution is 6.29. The SMILES string of the molecule is Cc1cc(NCc2nc(Cl)cnc2N)nc2ccc([N+](=O)[O-])cc12. The van der Waals surface area contributed by atoms with Crippen LogP contribution in [0.15, 0.2) is 30.5 Å². The van der Waals surface area contributed by atoms with Crippen LogP contribution < -0.4 is 11.1 Å². The average molecular weight is 345 g/mol. The van der Waals surface area contributed by atoms with E-state index >= 15 is 0 Å². The molecule has 0 unspecified atom stereocenters. The summed E-state index contributed by atoms with van der Waals surface area (Å²) < 4.78 is 0. The predicted molar refractivity (Wildman–Crippen MR) is 91.9 cm³/mol. The second kappa shape index (κ2) is 6.25. The molecule has 0 saturated carbocycles. The van der Waals surface area contributed by atoms with Crippen LogP contribution in [0.5, 0.6) is 0 Å². The maximum absolute atomic E-state index is 10.9. The molecule has 0 bridgehead atoms. The van der Waals surface area contributed by atoms with Crippen LogP contribution >= 0.6 is 11.6 Å². The van der Waals surface area contributed by atoms with Crippen molar-refractivity contribution >= 4 is 39.8 Å². The molecule has 0 spiro atoms. The first-order chi connectivity index (χ1) is 11.4. The molecule has 0 atom stereocenters. The van der Waals surface area contributed by atoms with Gasteiger partial charge in [0.1, 0.15) is 22.5 Å². The lowest BCUT2D eigenvalue weighted by Crippen LogP contribution is -2.08. The quantitative estimate of drug-likeness (QED) is 0.551. The summed E-state index contributed by atoms with van der Waals surface area (Å²) in [5, 5.41) is 15.0. The van der Waals surface area contributed by atoms with Crippen LogP contribution in [-0.4, -0.2) is 19.9 Å². The van der Waals surface area contributed by atoms with Crippen LogP contribution in [0.1, 0.15) is 11.3 Å². The van der Waals surface area contributed by atoms with Crippen LogP contribution in [0, 0.1) is 17.0 Å². The van der Waals surface area contributed by atoms with E-state index in [1.165, 1.54) is 18.3 Å². The third kappa shape index (κ3) is 3.18. The van der Waals surface area contributed by atoms with Gasteiger partial charge in [0, 0.05) is 17.5 Å². The van der Waals surface area contributed by atoms with E-state index in [1.54, 1.807) is 12.1 Å². The van der Waals surface area contributed by atoms with Gasteiger partial charge in [-0.05, 0) is 24.6 Å². The van der Waals surface area contributed by atoms with E-state index in [0.717, 1.165) is 10.9 Å². The molecule has 0 aliphatic rings. The van der Waals surface area contributed by atoms with Crippen molar-refractivity contribution < 1.29 is 4.92 Å². The van der Waals surface area contributed by atoms with Crippen LogP contribution in [0.4, 0.5) is 17.3 Å². The maximum Gasteiger partial charge on any atom is 0.270 e. The molecule has 2 heterocycles. The van der Waals surface area contributed by atoms with Crippen LogP contribution in [-0.2, 0) is 6.54 Å². The van der Waals surface area contributed by atoms with Crippen molar-refractivity contribution in [2.24, 2.45) is 0 Å². The molecular formula is C15H13ClN6O2. The first kappa shape index (κ1) is 15.9. The summed E-state index contributed by atoms with van der Waals surface area (Å²) in [6, 6.07) is 6.38. The summed E-state index contributed by atoms with van der Waals surface area (Å²) in [6.07, 6.45) is 1.38. The Morgan fingerprint density at radius 1 is 1.33 bits per heavy atom. The Labute approximate surface area is 141 Å². The van der Waals surface area contributed by atoms with Crippen molar-refractivity contribution in [2.45, 2.75) is 13.5 Å². The van der Waals surface area contributed by atoms with Gasteiger partial charge in [0.05, 0.1) is 23.2 Å². The van der Waals surface area contributed by atoms with Crippen LogP contribution in [0.3, 0.4) is 0 Å². The monoisotopic (exact) mass is 344 g/mol. The fourth-order valence-electron chi connectivity index (χ4n) is 2.30. The number of nitrogens with two attached hydrogens (primary N) is 1. The van der Waals surface area contributed by atoms with Gasteiger partial charge in [-0.2, -0.15) is 0 Å². The molecule has 122 valence electrons. The molecule has 0 amide bonds. The Bertz CT molecular complexity index is 947. The fourth-order valence-corrected chi connectivity index (χ4v) is 2.45. The molecule has 0 fully saturated rings. The number of anilines is 2. The number of hydrogen-bond donors (Lipinski definition) is 2. The Morgan fingerprint density at radius 2 is 2.12 bits per heavy atom. The molecule has 0 saturated heterocycles. The standard InChI is InChI=1S/C15H13ClN6O2/c1-8-4-14(18-6-12-15(17)19-7-13(16)20-12)21-11-3-2-9(22(23)24)5-10(8)11/h2-5,7H,6H2,1H3,(H2,17,19)(H,18,21). The molecule has 0 aliphatic carbocycles. The number of aromatic nitrogens is 3. The van der Waals surface area contributed by atoms with Crippen molar-refractivity contribution in [3.8, 4) is 0 Å². The number of fused-ring (bicyclic) bond motifs is 1. The Hall–Kier alpha value is -3.00. The number of nitrogens with zero attached hydrogens (tertiary/aromatic N) is 4. The van der Waals surface area contributed by atoms with E-state index in [9.17, 15) is 10.1 Å². The molecule has 3 N–H and O–H groups in total. The van der Waals surface area contributed by atoms with E-state index in [2.05, 4.69) is 20.3 Å². The van der Waals surface area contributed by atoms with Gasteiger partial charge in [-0.25, -0.2) is 15.0 Å². The zero-order valence-corrected chi connectivity index (χ0v) is 13.4. The number of nitro benzene ring substituents is 1. The van der Waals surface area contributed by atoms with Crippen molar-refractivity contribution in [2.75, 3.05) is 11.1 Å². The highest BCUT2D eigenvalue weighted by Gasteiger charge is 2.10. The zero-order valence-electron chi connectivity index (χ0n) is 12.7. The van der Waals surface area contributed by atoms with E-state index in [1.807, 2.05) is 6.92 Å². The predicted octanol–water partition coefficient (Wildman–Crippen LogP) is 3.09. The number of benzene rings is 1. The number of hydrogen-bond acceptors (Lipinski definition) is 7. The van der Waals surface area contributed by atoms with Gasteiger partial charge in [-0.3, -0.25) is 10.1 Å². The lowest BCUT2D eigenvalue weighted by molar-refractivity contribution is -0.384. The van der Waals surface area contributed by atoms with E-state index in [-0.39, 0.29) is 10.8 Å². The summed E-state index contributed by atoms with van der Waals surface area (Å²) in [4.78, 5) is 23.0. The molecule has 9 heteroatoms. The van der Waals surface area contributed by atoms with Gasteiger partial charge >= 0.3 is 0 Å². The third-order valence-corrected chi connectivity index (χ3v) is 3.68. The summed E-state index contributed by atoms with van der Waals surface area (Å²) in [7, 11) is 0. The number of pyridine rings is 1. The largest absolute Gasteiger partial charge is 0.382 e. The lowest BCUT2D eigenvalue weighted by Gasteiger charge is -2.10. The van der Waals surface area contributed by atoms with Gasteiger partial charge in [0.2, 0.25) is 0 Å². The first-order valence-corrected chi connectivity index (χ1v) is 7.38. The van der Waals surface area contributed by atoms with E-state index in [0.29, 0.717) is 29.4 Å². The van der Waals surface area contributed by atoms with Gasteiger partial charge in [0.15, 0.2) is 0 Å². The molecule has 3 aromatic rings. The Balaban J connectivity index is 1.89. The number of aryl methyl sites for hydroxylation is 1. The van der Waals surface area contributed by atoms with Gasteiger partial charge in [-0.15, -0.1) is 0 Å². The smallest absolute Gasteiger partial charge is 0.270 e. The normalized spacial score (nSPS) is 10.8. The maximum atomic E-state index is 10.9. The van der Waals surface area contributed by atoms with Crippen molar-refractivity contribution in [1.29, 1.82) is 0 Å². The van der Waals surface area contributed by atoms with E-state index in [4.69, 9.17) is 17.3 Å². The summed E-state index contributed by atoms with van der Waals surface area (Å²) in [5.74, 6) is 0.898. The summed E-state index contributed by atoms with van der Waals surface area (Å²) in [6.45, 7) is 2.18. The minimum absolute atomic E-state index is 0.0371. The number of nitro groups is 1. The second-order valence-corrected chi connectivity index (χ2v) is 5.55. The first-order valence-electron chi connectivity index (χ1n) is 7.00. The number of nitrogens with one attached hydrogen (secondary N) is 1. The summed E-state index contributed by atoms with van der Waals surface area (Å²) >= 11 is 5.81. The average Bonchev–Trinajstić information content (AvgIpc) is 2.55. The lowest BCUT2D eigenvalue weighted by atomic mass is 10.1. The molecule has 24 heavy (non-hydrogen) atoms. The Morgan fingerprint density at radius 3 is 2.88 bits per heavy atom. The third-order valence-electron chi connectivity index (χ3n) is 3.49. The van der Waals surface area contributed by atoms with Gasteiger partial charge < -0.3 is 11.1 Å². The molecule has 3 rings (SSSR count). The highest BCUT2D eigenvalue weighted by Crippen LogP contribution is 2.25. The summed E-state index contributed by atoms with van der Waals surface area (Å²) in [5.41, 5.74) is 7.85. The van der Waals surface area contributed by atoms with Crippen molar-refractivity contribution in [1.82, 2.24) is 15.0 Å². The molecule has 1 aromatic carbocycles. The molecule has 0 aliphatic heterocycles. The molecular weight excluding hydrogens is 332 g/mol. The van der Waals surface area contributed by atoms with Gasteiger partial charge in [-0.1, -0.05) is 11.6 Å². The molecule has 2 aromatic heterocycles. The van der Waals surface area contributed by atoms with Crippen molar-refractivity contribution in [3.63, 3.8) is 0 Å². The van der Waals surface area contributed by atoms with Gasteiger partial charge in [0.25, 0.3) is 5.69 Å².